The Hall–Kier alpha value is -2.13. The minimum absolute atomic E-state index is 0.214. The van der Waals surface area contributed by atoms with Gasteiger partial charge in [-0.1, -0.05) is 12.1 Å². The third-order valence-electron chi connectivity index (χ3n) is 4.24. The Kier molecular flexibility index (Phi) is 5.71. The Morgan fingerprint density at radius 3 is 2.67 bits per heavy atom. The van der Waals surface area contributed by atoms with Gasteiger partial charge in [0.25, 0.3) is 0 Å². The van der Waals surface area contributed by atoms with Crippen LogP contribution >= 0.6 is 0 Å². The minimum Gasteiger partial charge on any atom is -0.490 e. The van der Waals surface area contributed by atoms with Gasteiger partial charge in [0.15, 0.2) is 5.75 Å². The SMILES string of the molecule is O=S(=O)(CC(F)(F)F)NCc1cnccc1-c1cccc(OC2CCC2)c1. The summed E-state index contributed by atoms with van der Waals surface area (Å²) >= 11 is 0. The van der Waals surface area contributed by atoms with Crippen LogP contribution in [0.3, 0.4) is 0 Å². The molecule has 1 aliphatic carbocycles. The molecule has 3 rings (SSSR count). The number of alkyl halides is 3. The predicted molar refractivity (Wildman–Crippen MR) is 94.6 cm³/mol. The van der Waals surface area contributed by atoms with Gasteiger partial charge in [0.1, 0.15) is 5.75 Å². The number of aromatic nitrogens is 1. The maximum atomic E-state index is 12.4. The van der Waals surface area contributed by atoms with Gasteiger partial charge < -0.3 is 4.74 Å². The monoisotopic (exact) mass is 400 g/mol. The quantitative estimate of drug-likeness (QED) is 0.770. The molecule has 9 heteroatoms. The van der Waals surface area contributed by atoms with Crippen LogP contribution in [0.1, 0.15) is 24.8 Å². The summed E-state index contributed by atoms with van der Waals surface area (Å²) in [5.74, 6) is -1.21. The molecular formula is C18H19F3N2O3S. The first-order chi connectivity index (χ1) is 12.7. The Labute approximate surface area is 155 Å². The summed E-state index contributed by atoms with van der Waals surface area (Å²) < 4.78 is 68.2. The fourth-order valence-corrected chi connectivity index (χ4v) is 3.63. The van der Waals surface area contributed by atoms with Crippen molar-refractivity contribution in [3.05, 3.63) is 48.3 Å². The minimum atomic E-state index is -4.79. The average Bonchev–Trinajstić information content (AvgIpc) is 2.55. The first-order valence-corrected chi connectivity index (χ1v) is 10.1. The van der Waals surface area contributed by atoms with Gasteiger partial charge in [0, 0.05) is 18.9 Å². The number of benzene rings is 1. The molecule has 1 saturated carbocycles. The van der Waals surface area contributed by atoms with Crippen LogP contribution in [0.2, 0.25) is 0 Å². The van der Waals surface area contributed by atoms with Crippen LogP contribution in [0.5, 0.6) is 5.75 Å². The molecule has 1 heterocycles. The molecule has 0 radical (unpaired) electrons. The van der Waals surface area contributed by atoms with Crippen molar-refractivity contribution in [3.63, 3.8) is 0 Å². The van der Waals surface area contributed by atoms with Crippen LogP contribution in [0, 0.1) is 0 Å². The molecule has 1 aromatic heterocycles. The molecule has 0 spiro atoms. The third kappa shape index (κ3) is 5.67. The van der Waals surface area contributed by atoms with Gasteiger partial charge in [-0.05, 0) is 54.2 Å². The fraction of sp³-hybridized carbons (Fsp3) is 0.389. The Morgan fingerprint density at radius 1 is 1.22 bits per heavy atom. The Balaban J connectivity index is 1.77. The van der Waals surface area contributed by atoms with Gasteiger partial charge in [-0.2, -0.15) is 13.2 Å². The lowest BCUT2D eigenvalue weighted by Gasteiger charge is -2.26. The molecule has 1 aromatic carbocycles. The summed E-state index contributed by atoms with van der Waals surface area (Å²) in [6.45, 7) is -0.282. The van der Waals surface area contributed by atoms with E-state index in [9.17, 15) is 21.6 Å². The van der Waals surface area contributed by atoms with Crippen molar-refractivity contribution in [2.24, 2.45) is 0 Å². The first kappa shape index (κ1) is 19.6. The zero-order chi connectivity index (χ0) is 19.5. The number of ether oxygens (including phenoxy) is 1. The van der Waals surface area contributed by atoms with E-state index in [4.69, 9.17) is 4.74 Å². The standard InChI is InChI=1S/C18H19F3N2O3S/c19-18(20,21)12-27(24,25)23-11-14-10-22-8-7-17(14)13-3-1-6-16(9-13)26-15-4-2-5-15/h1,3,6-10,15,23H,2,4-5,11-12H2. The largest absolute Gasteiger partial charge is 0.490 e. The molecule has 2 aromatic rings. The molecule has 0 atom stereocenters. The lowest BCUT2D eigenvalue weighted by Crippen LogP contribution is -2.33. The van der Waals surface area contributed by atoms with Crippen molar-refractivity contribution < 1.29 is 26.3 Å². The lowest BCUT2D eigenvalue weighted by atomic mass is 9.96. The molecule has 0 bridgehead atoms. The van der Waals surface area contributed by atoms with Crippen molar-refractivity contribution in [2.75, 3.05) is 5.75 Å². The van der Waals surface area contributed by atoms with E-state index in [2.05, 4.69) is 4.98 Å². The first-order valence-electron chi connectivity index (χ1n) is 8.46. The molecule has 0 amide bonds. The normalized spacial score (nSPS) is 15.4. The second kappa shape index (κ2) is 7.85. The van der Waals surface area contributed by atoms with Gasteiger partial charge in [-0.25, -0.2) is 13.1 Å². The van der Waals surface area contributed by atoms with Crippen LogP contribution in [0.4, 0.5) is 13.2 Å². The molecule has 27 heavy (non-hydrogen) atoms. The molecule has 0 saturated heterocycles. The van der Waals surface area contributed by atoms with Gasteiger partial charge in [-0.15, -0.1) is 0 Å². The number of pyridine rings is 1. The number of nitrogens with one attached hydrogen (secondary N) is 1. The molecular weight excluding hydrogens is 381 g/mol. The van der Waals surface area contributed by atoms with Crippen LogP contribution in [0.25, 0.3) is 11.1 Å². The summed E-state index contributed by atoms with van der Waals surface area (Å²) in [7, 11) is -4.48. The smallest absolute Gasteiger partial charge is 0.404 e. The topological polar surface area (TPSA) is 68.3 Å². The van der Waals surface area contributed by atoms with Crippen LogP contribution in [-0.2, 0) is 16.6 Å². The molecule has 1 fully saturated rings. The highest BCUT2D eigenvalue weighted by Crippen LogP contribution is 2.30. The fourth-order valence-electron chi connectivity index (χ4n) is 2.72. The second-order valence-electron chi connectivity index (χ2n) is 6.43. The highest BCUT2D eigenvalue weighted by atomic mass is 32.2. The zero-order valence-corrected chi connectivity index (χ0v) is 15.2. The van der Waals surface area contributed by atoms with Gasteiger partial charge in [-0.3, -0.25) is 4.98 Å². The summed E-state index contributed by atoms with van der Waals surface area (Å²) in [5, 5.41) is 0. The van der Waals surface area contributed by atoms with Crippen molar-refractivity contribution >= 4 is 10.0 Å². The highest BCUT2D eigenvalue weighted by molar-refractivity contribution is 7.89. The maximum Gasteiger partial charge on any atom is 0.404 e. The van der Waals surface area contributed by atoms with E-state index in [-0.39, 0.29) is 12.6 Å². The summed E-state index contributed by atoms with van der Waals surface area (Å²) in [6.07, 6.45) is 1.59. The Morgan fingerprint density at radius 2 is 2.00 bits per heavy atom. The van der Waals surface area contributed by atoms with E-state index in [0.29, 0.717) is 16.9 Å². The number of hydrogen-bond acceptors (Lipinski definition) is 4. The number of nitrogens with zero attached hydrogens (tertiary/aromatic N) is 1. The van der Waals surface area contributed by atoms with E-state index >= 15 is 0 Å². The zero-order valence-electron chi connectivity index (χ0n) is 14.4. The summed E-state index contributed by atoms with van der Waals surface area (Å²) in [4.78, 5) is 3.95. The van der Waals surface area contributed by atoms with Crippen LogP contribution in [-0.4, -0.2) is 31.4 Å². The summed E-state index contributed by atoms with van der Waals surface area (Å²) in [5.41, 5.74) is 1.93. The predicted octanol–water partition coefficient (Wildman–Crippen LogP) is 3.66. The molecule has 1 aliphatic rings. The van der Waals surface area contributed by atoms with E-state index in [1.807, 2.05) is 29.0 Å². The maximum absolute atomic E-state index is 12.4. The van der Waals surface area contributed by atoms with Crippen molar-refractivity contribution in [1.82, 2.24) is 9.71 Å². The van der Waals surface area contributed by atoms with Gasteiger partial charge in [0.05, 0.1) is 6.10 Å². The third-order valence-corrected chi connectivity index (χ3v) is 5.53. The molecule has 1 N–H and O–H groups in total. The Bertz CT molecular complexity index is 897. The van der Waals surface area contributed by atoms with E-state index in [1.54, 1.807) is 12.3 Å². The summed E-state index contributed by atoms with van der Waals surface area (Å²) in [6, 6.07) is 9.02. The molecule has 5 nitrogen and oxygen atoms in total. The number of rotatable bonds is 7. The highest BCUT2D eigenvalue weighted by Gasteiger charge is 2.35. The van der Waals surface area contributed by atoms with Crippen LogP contribution in [0.15, 0.2) is 42.7 Å². The van der Waals surface area contributed by atoms with Crippen molar-refractivity contribution in [2.45, 2.75) is 38.1 Å². The number of hydrogen-bond donors (Lipinski definition) is 1. The van der Waals surface area contributed by atoms with Crippen molar-refractivity contribution in [1.29, 1.82) is 0 Å². The number of sulfonamides is 1. The van der Waals surface area contributed by atoms with Crippen molar-refractivity contribution in [3.8, 4) is 16.9 Å². The average molecular weight is 400 g/mol. The molecule has 146 valence electrons. The van der Waals surface area contributed by atoms with Gasteiger partial charge >= 0.3 is 6.18 Å². The van der Waals surface area contributed by atoms with Gasteiger partial charge in [0.2, 0.25) is 10.0 Å². The van der Waals surface area contributed by atoms with Crippen LogP contribution < -0.4 is 9.46 Å². The van der Waals surface area contributed by atoms with E-state index < -0.39 is 22.0 Å². The molecule has 0 aliphatic heterocycles. The van der Waals surface area contributed by atoms with E-state index in [1.165, 1.54) is 6.20 Å². The number of halogens is 3. The lowest BCUT2D eigenvalue weighted by molar-refractivity contribution is -0.106. The second-order valence-corrected chi connectivity index (χ2v) is 8.23. The van der Waals surface area contributed by atoms with E-state index in [0.717, 1.165) is 24.8 Å². The molecule has 0 unspecified atom stereocenters.